The van der Waals surface area contributed by atoms with Gasteiger partial charge in [-0.15, -0.1) is 0 Å². The van der Waals surface area contributed by atoms with E-state index in [-0.39, 0.29) is 6.10 Å². The molecule has 0 radical (unpaired) electrons. The Labute approximate surface area is 102 Å². The van der Waals surface area contributed by atoms with Crippen LogP contribution in [0.5, 0.6) is 0 Å². The maximum atomic E-state index is 9.66. The molecular formula is C15H30O. The number of rotatable bonds is 11. The van der Waals surface area contributed by atoms with Gasteiger partial charge in [-0.1, -0.05) is 70.9 Å². The lowest BCUT2D eigenvalue weighted by atomic mass is 10.1. The Hall–Kier alpha value is -0.300. The maximum absolute atomic E-state index is 9.66. The summed E-state index contributed by atoms with van der Waals surface area (Å²) in [6.07, 6.45) is 16.2. The molecule has 0 rings (SSSR count). The molecule has 0 heterocycles. The summed E-state index contributed by atoms with van der Waals surface area (Å²) in [4.78, 5) is 0. The Kier molecular flexibility index (Phi) is 12.5. The molecule has 0 aliphatic heterocycles. The third-order valence-electron chi connectivity index (χ3n) is 2.94. The van der Waals surface area contributed by atoms with Gasteiger partial charge in [0, 0.05) is 0 Å². The lowest BCUT2D eigenvalue weighted by molar-refractivity contribution is 0.207. The van der Waals surface area contributed by atoms with Crippen molar-refractivity contribution in [3.05, 3.63) is 12.2 Å². The van der Waals surface area contributed by atoms with Crippen LogP contribution in [0.15, 0.2) is 12.2 Å². The quantitative estimate of drug-likeness (QED) is 0.394. The van der Waals surface area contributed by atoms with E-state index in [1.54, 1.807) is 0 Å². The molecule has 1 unspecified atom stereocenters. The summed E-state index contributed by atoms with van der Waals surface area (Å²) in [7, 11) is 0. The van der Waals surface area contributed by atoms with Crippen LogP contribution in [0.25, 0.3) is 0 Å². The molecule has 1 heteroatoms. The Morgan fingerprint density at radius 3 is 2.12 bits per heavy atom. The fourth-order valence-corrected chi connectivity index (χ4v) is 1.82. The maximum Gasteiger partial charge on any atom is 0.0720 e. The molecule has 0 aliphatic rings. The van der Waals surface area contributed by atoms with Gasteiger partial charge in [-0.3, -0.25) is 0 Å². The van der Waals surface area contributed by atoms with Gasteiger partial charge in [-0.2, -0.15) is 0 Å². The summed E-state index contributed by atoms with van der Waals surface area (Å²) in [6.45, 7) is 4.45. The van der Waals surface area contributed by atoms with Crippen molar-refractivity contribution in [2.45, 2.75) is 84.2 Å². The van der Waals surface area contributed by atoms with Crippen LogP contribution >= 0.6 is 0 Å². The Morgan fingerprint density at radius 2 is 1.50 bits per heavy atom. The van der Waals surface area contributed by atoms with Crippen molar-refractivity contribution in [1.29, 1.82) is 0 Å². The van der Waals surface area contributed by atoms with Gasteiger partial charge in [0.05, 0.1) is 6.10 Å². The molecule has 0 fully saturated rings. The first-order chi connectivity index (χ1) is 7.81. The molecule has 0 bridgehead atoms. The van der Waals surface area contributed by atoms with Crippen molar-refractivity contribution < 1.29 is 5.11 Å². The van der Waals surface area contributed by atoms with E-state index < -0.39 is 0 Å². The molecule has 0 spiro atoms. The smallest absolute Gasteiger partial charge is 0.0720 e. The minimum atomic E-state index is -0.206. The summed E-state index contributed by atoms with van der Waals surface area (Å²) in [6, 6.07) is 0. The topological polar surface area (TPSA) is 20.2 Å². The fourth-order valence-electron chi connectivity index (χ4n) is 1.82. The van der Waals surface area contributed by atoms with Gasteiger partial charge in [0.1, 0.15) is 0 Å². The summed E-state index contributed by atoms with van der Waals surface area (Å²) < 4.78 is 0. The first kappa shape index (κ1) is 15.7. The van der Waals surface area contributed by atoms with E-state index >= 15 is 0 Å². The normalized spacial score (nSPS) is 13.4. The summed E-state index contributed by atoms with van der Waals surface area (Å²) in [5.41, 5.74) is 0. The predicted molar refractivity (Wildman–Crippen MR) is 72.7 cm³/mol. The van der Waals surface area contributed by atoms with E-state index in [1.807, 2.05) is 6.08 Å². The van der Waals surface area contributed by atoms with Gasteiger partial charge >= 0.3 is 0 Å². The van der Waals surface area contributed by atoms with E-state index in [1.165, 1.54) is 44.9 Å². The van der Waals surface area contributed by atoms with E-state index in [9.17, 15) is 5.11 Å². The highest BCUT2D eigenvalue weighted by Gasteiger charge is 1.97. The van der Waals surface area contributed by atoms with Crippen LogP contribution in [-0.2, 0) is 0 Å². The van der Waals surface area contributed by atoms with Crippen LogP contribution in [0.2, 0.25) is 0 Å². The zero-order valence-electron chi connectivity index (χ0n) is 11.3. The molecule has 0 aliphatic carbocycles. The average molecular weight is 226 g/mol. The molecule has 0 aromatic carbocycles. The Bertz CT molecular complexity index is 152. The van der Waals surface area contributed by atoms with Gasteiger partial charge in [0.15, 0.2) is 0 Å². The molecule has 1 nitrogen and oxygen atoms in total. The molecular weight excluding hydrogens is 196 g/mol. The molecule has 0 aromatic rings. The number of unbranched alkanes of at least 4 members (excludes halogenated alkanes) is 7. The van der Waals surface area contributed by atoms with E-state index in [2.05, 4.69) is 19.9 Å². The van der Waals surface area contributed by atoms with Gasteiger partial charge in [0.2, 0.25) is 0 Å². The second kappa shape index (κ2) is 12.8. The number of hydrogen-bond acceptors (Lipinski definition) is 1. The van der Waals surface area contributed by atoms with Crippen LogP contribution in [0.4, 0.5) is 0 Å². The molecule has 0 amide bonds. The third kappa shape index (κ3) is 11.8. The van der Waals surface area contributed by atoms with Crippen molar-refractivity contribution in [3.8, 4) is 0 Å². The molecule has 96 valence electrons. The predicted octanol–water partition coefficient (Wildman–Crippen LogP) is 4.84. The molecule has 0 aromatic heterocycles. The monoisotopic (exact) mass is 226 g/mol. The van der Waals surface area contributed by atoms with Gasteiger partial charge in [-0.05, 0) is 19.3 Å². The molecule has 0 saturated heterocycles. The number of aliphatic hydroxyl groups excluding tert-OH is 1. The van der Waals surface area contributed by atoms with Gasteiger partial charge in [-0.25, -0.2) is 0 Å². The SMILES string of the molecule is CCCCCC/C=C/C(O)CCCCCC. The van der Waals surface area contributed by atoms with Crippen molar-refractivity contribution in [2.75, 3.05) is 0 Å². The first-order valence-corrected chi connectivity index (χ1v) is 7.16. The highest BCUT2D eigenvalue weighted by atomic mass is 16.3. The number of aliphatic hydroxyl groups is 1. The number of allylic oxidation sites excluding steroid dienone is 1. The highest BCUT2D eigenvalue weighted by Crippen LogP contribution is 2.08. The molecule has 0 saturated carbocycles. The standard InChI is InChI=1S/C15H30O/c1-3-5-7-9-10-12-14-15(16)13-11-8-6-4-2/h12,14-16H,3-11,13H2,1-2H3/b14-12+. The minimum Gasteiger partial charge on any atom is -0.389 e. The lowest BCUT2D eigenvalue weighted by Gasteiger charge is -2.04. The second-order valence-corrected chi connectivity index (χ2v) is 4.69. The van der Waals surface area contributed by atoms with Crippen LogP contribution in [0.1, 0.15) is 78.1 Å². The van der Waals surface area contributed by atoms with Gasteiger partial charge < -0.3 is 5.11 Å². The van der Waals surface area contributed by atoms with E-state index in [0.29, 0.717) is 0 Å². The minimum absolute atomic E-state index is 0.206. The van der Waals surface area contributed by atoms with Crippen molar-refractivity contribution in [2.24, 2.45) is 0 Å². The van der Waals surface area contributed by atoms with Crippen LogP contribution in [-0.4, -0.2) is 11.2 Å². The van der Waals surface area contributed by atoms with Crippen molar-refractivity contribution in [1.82, 2.24) is 0 Å². The summed E-state index contributed by atoms with van der Waals surface area (Å²) in [5.74, 6) is 0. The van der Waals surface area contributed by atoms with Crippen molar-refractivity contribution >= 4 is 0 Å². The Balaban J connectivity index is 3.26. The van der Waals surface area contributed by atoms with Gasteiger partial charge in [0.25, 0.3) is 0 Å². The highest BCUT2D eigenvalue weighted by molar-refractivity contribution is 4.88. The third-order valence-corrected chi connectivity index (χ3v) is 2.94. The first-order valence-electron chi connectivity index (χ1n) is 7.16. The molecule has 16 heavy (non-hydrogen) atoms. The molecule has 1 N–H and O–H groups in total. The zero-order chi connectivity index (χ0) is 12.1. The second-order valence-electron chi connectivity index (χ2n) is 4.69. The molecule has 1 atom stereocenters. The summed E-state index contributed by atoms with van der Waals surface area (Å²) in [5, 5.41) is 9.66. The number of hydrogen-bond donors (Lipinski definition) is 1. The van der Waals surface area contributed by atoms with Crippen LogP contribution < -0.4 is 0 Å². The Morgan fingerprint density at radius 1 is 0.875 bits per heavy atom. The summed E-state index contributed by atoms with van der Waals surface area (Å²) >= 11 is 0. The lowest BCUT2D eigenvalue weighted by Crippen LogP contribution is -2.01. The average Bonchev–Trinajstić information content (AvgIpc) is 2.29. The zero-order valence-corrected chi connectivity index (χ0v) is 11.3. The van der Waals surface area contributed by atoms with Crippen LogP contribution in [0, 0.1) is 0 Å². The van der Waals surface area contributed by atoms with Crippen LogP contribution in [0.3, 0.4) is 0 Å². The fraction of sp³-hybridized carbons (Fsp3) is 0.867. The largest absolute Gasteiger partial charge is 0.389 e. The van der Waals surface area contributed by atoms with Crippen molar-refractivity contribution in [3.63, 3.8) is 0 Å². The van der Waals surface area contributed by atoms with E-state index in [4.69, 9.17) is 0 Å². The van der Waals surface area contributed by atoms with E-state index in [0.717, 1.165) is 19.3 Å².